The molecule has 1 heterocycles. The predicted octanol–water partition coefficient (Wildman–Crippen LogP) is 5.42. The molecule has 0 amide bonds. The van der Waals surface area contributed by atoms with Gasteiger partial charge in [0.15, 0.2) is 0 Å². The van der Waals surface area contributed by atoms with Gasteiger partial charge in [-0.15, -0.1) is 0 Å². The number of halogens is 3. The van der Waals surface area contributed by atoms with Gasteiger partial charge in [0.25, 0.3) is 0 Å². The van der Waals surface area contributed by atoms with Crippen LogP contribution in [0.5, 0.6) is 11.5 Å². The number of hydrogen-bond donors (Lipinski definition) is 0. The Hall–Kier alpha value is -1.65. The van der Waals surface area contributed by atoms with Crippen LogP contribution in [0, 0.1) is 0 Å². The summed E-state index contributed by atoms with van der Waals surface area (Å²) < 4.78 is 48.7. The number of likely N-dealkylation sites (tertiary alicyclic amines) is 1. The maximum atomic E-state index is 12.7. The van der Waals surface area contributed by atoms with Gasteiger partial charge >= 0.3 is 178 Å². The summed E-state index contributed by atoms with van der Waals surface area (Å²) in [6.45, 7) is 1.41. The summed E-state index contributed by atoms with van der Waals surface area (Å²) in [5, 5.41) is 0. The molecule has 0 aromatic heterocycles. The molecule has 2 atom stereocenters. The molecule has 2 aromatic carbocycles. The molecule has 2 aliphatic rings. The number of alkyl halides is 3. The Bertz CT molecular complexity index is 827. The quantitative estimate of drug-likeness (QED) is 0.532. The van der Waals surface area contributed by atoms with Crippen molar-refractivity contribution in [2.24, 2.45) is 0 Å². The molecule has 2 aromatic rings. The Balaban J connectivity index is 1.62. The predicted molar refractivity (Wildman–Crippen MR) is 105 cm³/mol. The van der Waals surface area contributed by atoms with Crippen LogP contribution in [-0.2, 0) is 6.54 Å². The van der Waals surface area contributed by atoms with Crippen molar-refractivity contribution < 1.29 is 22.6 Å². The Labute approximate surface area is 177 Å². The normalized spacial score (nSPS) is 23.0. The SMILES string of the molecule is FC(F)(F)Oc1ccc(OC2CC2)c(CN2CCCC([As])C2c2ccccc2)c1. The molecule has 1 aliphatic carbocycles. The molecule has 3 nitrogen and oxygen atoms in total. The standard InChI is InChI=1S/C22H23AsF3NO2/c23-19-7-4-12-27(21(19)15-5-2-1-3-6-15)14-16-13-18(29-22(24,25)26)10-11-20(16)28-17-8-9-17/h1-3,5-6,10-11,13,17,19,21H,4,7-9,12,14H2. The van der Waals surface area contributed by atoms with Crippen LogP contribution in [0.25, 0.3) is 0 Å². The number of benzene rings is 2. The van der Waals surface area contributed by atoms with E-state index >= 15 is 0 Å². The van der Waals surface area contributed by atoms with Gasteiger partial charge in [-0.25, -0.2) is 0 Å². The van der Waals surface area contributed by atoms with Crippen molar-refractivity contribution in [1.82, 2.24) is 4.90 Å². The van der Waals surface area contributed by atoms with Crippen molar-refractivity contribution in [3.8, 4) is 11.5 Å². The molecule has 0 spiro atoms. The molecule has 2 fully saturated rings. The van der Waals surface area contributed by atoms with Gasteiger partial charge in [-0.05, 0) is 0 Å². The van der Waals surface area contributed by atoms with E-state index in [4.69, 9.17) is 4.74 Å². The average Bonchev–Trinajstić information content (AvgIpc) is 3.48. The third-order valence-corrected chi connectivity index (χ3v) is 6.44. The molecule has 1 aliphatic heterocycles. The van der Waals surface area contributed by atoms with Gasteiger partial charge in [-0.2, -0.15) is 0 Å². The third-order valence-electron chi connectivity index (χ3n) is 5.30. The van der Waals surface area contributed by atoms with E-state index in [0.29, 0.717) is 17.0 Å². The molecule has 1 saturated carbocycles. The van der Waals surface area contributed by atoms with Crippen molar-refractivity contribution in [2.75, 3.05) is 6.54 Å². The third kappa shape index (κ3) is 5.49. The van der Waals surface area contributed by atoms with E-state index in [9.17, 15) is 13.2 Å². The molecular formula is C22H23AsF3NO2. The average molecular weight is 465 g/mol. The summed E-state index contributed by atoms with van der Waals surface area (Å²) in [5.41, 5.74) is 1.96. The van der Waals surface area contributed by atoms with Crippen LogP contribution in [0.2, 0.25) is 4.71 Å². The molecule has 4 rings (SSSR count). The van der Waals surface area contributed by atoms with Gasteiger partial charge in [0.2, 0.25) is 0 Å². The molecule has 0 bridgehead atoms. The summed E-state index contributed by atoms with van der Waals surface area (Å²) in [5.74, 6) is 0.453. The van der Waals surface area contributed by atoms with Crippen LogP contribution in [-0.4, -0.2) is 40.8 Å². The van der Waals surface area contributed by atoms with Gasteiger partial charge in [0.1, 0.15) is 0 Å². The topological polar surface area (TPSA) is 21.7 Å². The van der Waals surface area contributed by atoms with Gasteiger partial charge in [0.05, 0.1) is 0 Å². The van der Waals surface area contributed by atoms with Crippen LogP contribution in [0.15, 0.2) is 48.5 Å². The number of hydrogen-bond acceptors (Lipinski definition) is 3. The molecule has 2 radical (unpaired) electrons. The first-order valence-corrected chi connectivity index (χ1v) is 11.0. The summed E-state index contributed by atoms with van der Waals surface area (Å²) in [6.07, 6.45) is -0.389. The van der Waals surface area contributed by atoms with E-state index in [1.54, 1.807) is 6.07 Å². The van der Waals surface area contributed by atoms with E-state index in [0.717, 1.165) is 37.8 Å². The fraction of sp³-hybridized carbons (Fsp3) is 0.455. The summed E-state index contributed by atoms with van der Waals surface area (Å²) in [6, 6.07) is 14.9. The van der Waals surface area contributed by atoms with E-state index < -0.39 is 6.36 Å². The van der Waals surface area contributed by atoms with E-state index in [1.807, 2.05) is 18.2 Å². The van der Waals surface area contributed by atoms with E-state index in [1.165, 1.54) is 17.7 Å². The second kappa shape index (κ2) is 8.61. The molecule has 154 valence electrons. The molecule has 2 unspecified atom stereocenters. The Morgan fingerprint density at radius 2 is 1.79 bits per heavy atom. The second-order valence-corrected chi connectivity index (χ2v) is 9.06. The second-order valence-electron chi connectivity index (χ2n) is 7.67. The first kappa shape index (κ1) is 20.6. The van der Waals surface area contributed by atoms with Crippen LogP contribution in [0.1, 0.15) is 42.9 Å². The van der Waals surface area contributed by atoms with E-state index in [-0.39, 0.29) is 17.9 Å². The van der Waals surface area contributed by atoms with Crippen molar-refractivity contribution in [2.45, 2.75) is 55.4 Å². The number of ether oxygens (including phenoxy) is 2. The van der Waals surface area contributed by atoms with Crippen molar-refractivity contribution in [3.63, 3.8) is 0 Å². The van der Waals surface area contributed by atoms with Crippen molar-refractivity contribution in [1.29, 1.82) is 0 Å². The zero-order valence-electron chi connectivity index (χ0n) is 15.9. The zero-order valence-corrected chi connectivity index (χ0v) is 17.8. The summed E-state index contributed by atoms with van der Waals surface area (Å²) >= 11 is 2.77. The fourth-order valence-corrected chi connectivity index (χ4v) is 5.02. The monoisotopic (exact) mass is 465 g/mol. The molecular weight excluding hydrogens is 442 g/mol. The Morgan fingerprint density at radius 3 is 2.48 bits per heavy atom. The first-order chi connectivity index (χ1) is 13.9. The van der Waals surface area contributed by atoms with Crippen LogP contribution < -0.4 is 9.47 Å². The maximum absolute atomic E-state index is 12.7. The first-order valence-electron chi connectivity index (χ1n) is 9.91. The summed E-state index contributed by atoms with van der Waals surface area (Å²) in [4.78, 5) is 2.34. The minimum absolute atomic E-state index is 0.171. The van der Waals surface area contributed by atoms with Gasteiger partial charge in [-0.3, -0.25) is 0 Å². The number of nitrogens with zero attached hydrogens (tertiary/aromatic N) is 1. The Morgan fingerprint density at radius 1 is 1.03 bits per heavy atom. The van der Waals surface area contributed by atoms with Crippen LogP contribution in [0.3, 0.4) is 0 Å². The minimum atomic E-state index is -4.71. The number of piperidine rings is 1. The fourth-order valence-electron chi connectivity index (χ4n) is 3.88. The molecule has 0 N–H and O–H groups in total. The zero-order chi connectivity index (χ0) is 20.4. The molecule has 29 heavy (non-hydrogen) atoms. The van der Waals surface area contributed by atoms with Crippen molar-refractivity contribution in [3.05, 3.63) is 59.7 Å². The summed E-state index contributed by atoms with van der Waals surface area (Å²) in [7, 11) is 0. The molecule has 7 heteroatoms. The van der Waals surface area contributed by atoms with Gasteiger partial charge in [0, 0.05) is 0 Å². The number of rotatable bonds is 6. The van der Waals surface area contributed by atoms with Crippen LogP contribution >= 0.6 is 0 Å². The van der Waals surface area contributed by atoms with E-state index in [2.05, 4.69) is 38.6 Å². The Kier molecular flexibility index (Phi) is 6.12. The van der Waals surface area contributed by atoms with Gasteiger partial charge in [-0.1, -0.05) is 0 Å². The van der Waals surface area contributed by atoms with Crippen molar-refractivity contribution >= 4 is 16.9 Å². The van der Waals surface area contributed by atoms with Gasteiger partial charge < -0.3 is 0 Å². The van der Waals surface area contributed by atoms with Crippen LogP contribution in [0.4, 0.5) is 13.2 Å². The molecule has 1 saturated heterocycles.